The summed E-state index contributed by atoms with van der Waals surface area (Å²) in [5.74, 6) is 1.21. The molecule has 104 valence electrons. The molecule has 2 heterocycles. The van der Waals surface area contributed by atoms with Crippen molar-refractivity contribution in [3.05, 3.63) is 17.6 Å². The summed E-state index contributed by atoms with van der Waals surface area (Å²) in [6, 6.07) is 0. The quantitative estimate of drug-likeness (QED) is 0.795. The van der Waals surface area contributed by atoms with Gasteiger partial charge in [-0.15, -0.1) is 0 Å². The fraction of sp³-hybridized carbons (Fsp3) is 0.714. The molecule has 0 N–H and O–H groups in total. The molecule has 1 aliphatic carbocycles. The molecule has 1 aromatic heterocycles. The topological polar surface area (TPSA) is 32.3 Å². The first-order chi connectivity index (χ1) is 9.38. The van der Waals surface area contributed by atoms with Crippen LogP contribution in [0.25, 0.3) is 0 Å². The monoisotopic (exact) mass is 324 g/mol. The average Bonchev–Trinajstić information content (AvgIpc) is 2.48. The first-order valence-electron chi connectivity index (χ1n) is 7.24. The van der Waals surface area contributed by atoms with E-state index in [4.69, 9.17) is 0 Å². The van der Waals surface area contributed by atoms with Crippen molar-refractivity contribution in [3.8, 4) is 0 Å². The van der Waals surface area contributed by atoms with Crippen LogP contribution in [-0.2, 0) is 12.8 Å². The van der Waals surface area contributed by atoms with Crippen LogP contribution in [0.4, 0.5) is 5.82 Å². The number of aryl methyl sites for hydroxylation is 1. The predicted octanol–water partition coefficient (Wildman–Crippen LogP) is 1.87. The second-order valence-electron chi connectivity index (χ2n) is 5.35. The minimum Gasteiger partial charge on any atom is -0.354 e. The van der Waals surface area contributed by atoms with Crippen LogP contribution >= 0.6 is 15.9 Å². The Morgan fingerprint density at radius 1 is 1.05 bits per heavy atom. The summed E-state index contributed by atoms with van der Waals surface area (Å²) in [5.41, 5.74) is 2.71. The van der Waals surface area contributed by atoms with Crippen LogP contribution in [0, 0.1) is 0 Å². The lowest BCUT2D eigenvalue weighted by Crippen LogP contribution is -2.47. The molecule has 1 fully saturated rings. The zero-order valence-electron chi connectivity index (χ0n) is 11.3. The van der Waals surface area contributed by atoms with Crippen molar-refractivity contribution >= 4 is 21.7 Å². The van der Waals surface area contributed by atoms with E-state index in [0.29, 0.717) is 0 Å². The third-order valence-corrected chi connectivity index (χ3v) is 4.53. The molecule has 3 rings (SSSR count). The van der Waals surface area contributed by atoms with Gasteiger partial charge in [0.05, 0.1) is 0 Å². The Bertz CT molecular complexity index is 429. The summed E-state index contributed by atoms with van der Waals surface area (Å²) in [4.78, 5) is 14.0. The standard InChI is InChI=1S/C14H21BrN4/c15-5-6-18-7-9-19(10-8-18)14-12-3-1-2-4-13(12)16-11-17-14/h11H,1-10H2. The van der Waals surface area contributed by atoms with Crippen LogP contribution in [0.5, 0.6) is 0 Å². The van der Waals surface area contributed by atoms with Gasteiger partial charge in [0.2, 0.25) is 0 Å². The largest absolute Gasteiger partial charge is 0.354 e. The van der Waals surface area contributed by atoms with Gasteiger partial charge in [0.1, 0.15) is 12.1 Å². The third-order valence-electron chi connectivity index (χ3n) is 4.17. The molecule has 0 amide bonds. The number of hydrogen-bond donors (Lipinski definition) is 0. The lowest BCUT2D eigenvalue weighted by Gasteiger charge is -2.36. The number of piperazine rings is 1. The Kier molecular flexibility index (Phi) is 4.33. The van der Waals surface area contributed by atoms with Crippen molar-refractivity contribution < 1.29 is 0 Å². The van der Waals surface area contributed by atoms with Crippen LogP contribution in [0.15, 0.2) is 6.33 Å². The molecule has 19 heavy (non-hydrogen) atoms. The normalized spacial score (nSPS) is 20.4. The van der Waals surface area contributed by atoms with E-state index in [-0.39, 0.29) is 0 Å². The van der Waals surface area contributed by atoms with Gasteiger partial charge in [-0.3, -0.25) is 4.90 Å². The number of anilines is 1. The van der Waals surface area contributed by atoms with Gasteiger partial charge >= 0.3 is 0 Å². The number of fused-ring (bicyclic) bond motifs is 1. The van der Waals surface area contributed by atoms with E-state index in [2.05, 4.69) is 35.7 Å². The van der Waals surface area contributed by atoms with Crippen LogP contribution in [0.2, 0.25) is 0 Å². The molecule has 0 unspecified atom stereocenters. The summed E-state index contributed by atoms with van der Waals surface area (Å²) in [5, 5.41) is 1.07. The summed E-state index contributed by atoms with van der Waals surface area (Å²) < 4.78 is 0. The fourth-order valence-electron chi connectivity index (χ4n) is 3.08. The van der Waals surface area contributed by atoms with Gasteiger partial charge in [0.25, 0.3) is 0 Å². The first-order valence-corrected chi connectivity index (χ1v) is 8.36. The molecular formula is C14H21BrN4. The van der Waals surface area contributed by atoms with Gasteiger partial charge < -0.3 is 4.90 Å². The maximum absolute atomic E-state index is 4.57. The highest BCUT2D eigenvalue weighted by atomic mass is 79.9. The number of rotatable bonds is 3. The van der Waals surface area contributed by atoms with E-state index in [1.165, 1.54) is 29.9 Å². The van der Waals surface area contributed by atoms with Crippen molar-refractivity contribution in [2.75, 3.05) is 43.0 Å². The molecular weight excluding hydrogens is 304 g/mol. The van der Waals surface area contributed by atoms with Gasteiger partial charge in [-0.1, -0.05) is 15.9 Å². The number of halogens is 1. The Morgan fingerprint density at radius 2 is 1.84 bits per heavy atom. The Hall–Kier alpha value is -0.680. The van der Waals surface area contributed by atoms with Gasteiger partial charge in [-0.2, -0.15) is 0 Å². The van der Waals surface area contributed by atoms with E-state index in [0.717, 1.165) is 50.9 Å². The molecule has 4 nitrogen and oxygen atoms in total. The SMILES string of the molecule is BrCCN1CCN(c2ncnc3c2CCCC3)CC1. The van der Waals surface area contributed by atoms with Gasteiger partial charge in [-0.05, 0) is 25.7 Å². The van der Waals surface area contributed by atoms with E-state index in [1.807, 2.05) is 0 Å². The molecule has 0 radical (unpaired) electrons. The Balaban J connectivity index is 1.73. The highest BCUT2D eigenvalue weighted by Crippen LogP contribution is 2.27. The predicted molar refractivity (Wildman–Crippen MR) is 81.1 cm³/mol. The summed E-state index contributed by atoms with van der Waals surface area (Å²) in [6.45, 7) is 5.62. The number of aromatic nitrogens is 2. The third kappa shape index (κ3) is 2.92. The van der Waals surface area contributed by atoms with E-state index in [9.17, 15) is 0 Å². The van der Waals surface area contributed by atoms with E-state index >= 15 is 0 Å². The van der Waals surface area contributed by atoms with Crippen molar-refractivity contribution in [3.63, 3.8) is 0 Å². The van der Waals surface area contributed by atoms with Crippen molar-refractivity contribution in [2.45, 2.75) is 25.7 Å². The highest BCUT2D eigenvalue weighted by Gasteiger charge is 2.22. The highest BCUT2D eigenvalue weighted by molar-refractivity contribution is 9.09. The number of alkyl halides is 1. The van der Waals surface area contributed by atoms with Crippen molar-refractivity contribution in [2.24, 2.45) is 0 Å². The second-order valence-corrected chi connectivity index (χ2v) is 6.14. The summed E-state index contributed by atoms with van der Waals surface area (Å²) in [6.07, 6.45) is 6.62. The molecule has 0 bridgehead atoms. The van der Waals surface area contributed by atoms with Crippen LogP contribution < -0.4 is 4.90 Å². The molecule has 0 saturated carbocycles. The van der Waals surface area contributed by atoms with Gasteiger partial charge in [0, 0.05) is 49.3 Å². The van der Waals surface area contributed by atoms with Crippen LogP contribution in [-0.4, -0.2) is 52.9 Å². The number of nitrogens with zero attached hydrogens (tertiary/aromatic N) is 4. The summed E-state index contributed by atoms with van der Waals surface area (Å²) in [7, 11) is 0. The lowest BCUT2D eigenvalue weighted by atomic mass is 9.96. The molecule has 1 aliphatic heterocycles. The molecule has 5 heteroatoms. The van der Waals surface area contributed by atoms with Crippen molar-refractivity contribution in [1.29, 1.82) is 0 Å². The molecule has 1 aromatic rings. The lowest BCUT2D eigenvalue weighted by molar-refractivity contribution is 0.273. The van der Waals surface area contributed by atoms with Gasteiger partial charge in [0.15, 0.2) is 0 Å². The average molecular weight is 325 g/mol. The smallest absolute Gasteiger partial charge is 0.135 e. The maximum atomic E-state index is 4.57. The Labute approximate surface area is 123 Å². The number of hydrogen-bond acceptors (Lipinski definition) is 4. The first kappa shape index (κ1) is 13.3. The fourth-order valence-corrected chi connectivity index (χ4v) is 3.58. The van der Waals surface area contributed by atoms with Crippen LogP contribution in [0.3, 0.4) is 0 Å². The molecule has 1 saturated heterocycles. The zero-order valence-corrected chi connectivity index (χ0v) is 12.9. The van der Waals surface area contributed by atoms with Crippen molar-refractivity contribution in [1.82, 2.24) is 14.9 Å². The molecule has 0 aromatic carbocycles. The zero-order chi connectivity index (χ0) is 13.1. The minimum atomic E-state index is 1.07. The van der Waals surface area contributed by atoms with E-state index in [1.54, 1.807) is 6.33 Å². The summed E-state index contributed by atoms with van der Waals surface area (Å²) >= 11 is 3.52. The second kappa shape index (κ2) is 6.18. The van der Waals surface area contributed by atoms with Gasteiger partial charge in [-0.25, -0.2) is 9.97 Å². The maximum Gasteiger partial charge on any atom is 0.135 e. The Morgan fingerprint density at radius 3 is 2.63 bits per heavy atom. The van der Waals surface area contributed by atoms with Crippen LogP contribution in [0.1, 0.15) is 24.1 Å². The molecule has 2 aliphatic rings. The minimum absolute atomic E-state index is 1.07. The molecule has 0 atom stereocenters. The molecule has 0 spiro atoms. The van der Waals surface area contributed by atoms with E-state index < -0.39 is 0 Å².